The summed E-state index contributed by atoms with van der Waals surface area (Å²) in [5, 5.41) is 3.20. The van der Waals surface area contributed by atoms with Crippen LogP contribution in [0, 0.1) is 0 Å². The van der Waals surface area contributed by atoms with Crippen molar-refractivity contribution in [3.63, 3.8) is 0 Å². The van der Waals surface area contributed by atoms with E-state index in [-0.39, 0.29) is 12.7 Å². The molecule has 186 valence electrons. The standard InChI is InChI=1S/C28H25N5O4/c29-30-31-33-25(34)18-19-32(27(33)35)26-17-16-24(37-26)20-36-28(21-10-4-1-5-11-21,22-12-6-2-7-13-22)23-14-8-3-9-15-23/h1-15,18-19,24,26H,16-17,20H2/t24-,26+/m1/s1. The highest BCUT2D eigenvalue weighted by molar-refractivity contribution is 5.47. The van der Waals surface area contributed by atoms with Crippen molar-refractivity contribution in [2.75, 3.05) is 6.61 Å². The lowest BCUT2D eigenvalue weighted by Gasteiger charge is -2.36. The van der Waals surface area contributed by atoms with E-state index in [0.717, 1.165) is 16.7 Å². The first-order valence-corrected chi connectivity index (χ1v) is 12.0. The van der Waals surface area contributed by atoms with E-state index in [4.69, 9.17) is 15.0 Å². The summed E-state index contributed by atoms with van der Waals surface area (Å²) in [6, 6.07) is 31.4. The third-order valence-electron chi connectivity index (χ3n) is 6.54. The van der Waals surface area contributed by atoms with Crippen molar-refractivity contribution >= 4 is 0 Å². The third kappa shape index (κ3) is 4.71. The molecule has 1 aromatic heterocycles. The molecule has 5 rings (SSSR count). The van der Waals surface area contributed by atoms with Gasteiger partial charge in [0.05, 0.1) is 12.7 Å². The Balaban J connectivity index is 1.47. The first-order chi connectivity index (χ1) is 18.1. The molecule has 0 N–H and O–H groups in total. The molecule has 0 spiro atoms. The second-order valence-electron chi connectivity index (χ2n) is 8.71. The van der Waals surface area contributed by atoms with Crippen LogP contribution in [0.3, 0.4) is 0 Å². The van der Waals surface area contributed by atoms with E-state index in [1.54, 1.807) is 0 Å². The SMILES string of the molecule is [N-]=[N+]=Nn1c(=O)ccn([C@@H]2CC[C@H](COC(c3ccccc3)(c3ccccc3)c3ccccc3)O2)c1=O. The minimum Gasteiger partial charge on any atom is -0.358 e. The lowest BCUT2D eigenvalue weighted by molar-refractivity contribution is -0.0776. The number of nitrogens with zero attached hydrogens (tertiary/aromatic N) is 5. The molecule has 0 radical (unpaired) electrons. The Morgan fingerprint density at radius 2 is 1.41 bits per heavy atom. The van der Waals surface area contributed by atoms with E-state index in [0.29, 0.717) is 17.5 Å². The van der Waals surface area contributed by atoms with Gasteiger partial charge < -0.3 is 9.47 Å². The highest BCUT2D eigenvalue weighted by atomic mass is 16.6. The molecule has 9 heteroatoms. The summed E-state index contributed by atoms with van der Waals surface area (Å²) in [4.78, 5) is 27.2. The molecule has 4 aromatic rings. The lowest BCUT2D eigenvalue weighted by atomic mass is 9.80. The van der Waals surface area contributed by atoms with Gasteiger partial charge in [0.25, 0.3) is 0 Å². The average molecular weight is 496 g/mol. The number of aromatic nitrogens is 2. The van der Waals surface area contributed by atoms with Gasteiger partial charge in [0.15, 0.2) is 0 Å². The fourth-order valence-corrected chi connectivity index (χ4v) is 4.82. The first-order valence-electron chi connectivity index (χ1n) is 12.0. The summed E-state index contributed by atoms with van der Waals surface area (Å²) < 4.78 is 14.8. The van der Waals surface area contributed by atoms with Gasteiger partial charge in [0.1, 0.15) is 11.8 Å². The van der Waals surface area contributed by atoms with Crippen LogP contribution in [0.5, 0.6) is 0 Å². The van der Waals surface area contributed by atoms with Gasteiger partial charge in [-0.2, -0.15) is 4.91 Å². The van der Waals surface area contributed by atoms with Gasteiger partial charge in [-0.25, -0.2) is 9.59 Å². The number of benzene rings is 3. The minimum atomic E-state index is -0.878. The third-order valence-corrected chi connectivity index (χ3v) is 6.54. The van der Waals surface area contributed by atoms with Crippen LogP contribution in [0.15, 0.2) is 118 Å². The normalized spacial score (nSPS) is 17.3. The van der Waals surface area contributed by atoms with Crippen molar-refractivity contribution < 1.29 is 9.47 Å². The molecule has 2 atom stereocenters. The Morgan fingerprint density at radius 3 is 1.92 bits per heavy atom. The molecule has 1 fully saturated rings. The summed E-state index contributed by atoms with van der Waals surface area (Å²) in [6.45, 7) is 0.264. The molecule has 2 heterocycles. The largest absolute Gasteiger partial charge is 0.428 e. The lowest BCUT2D eigenvalue weighted by Crippen LogP contribution is -2.38. The molecule has 0 aliphatic carbocycles. The van der Waals surface area contributed by atoms with Gasteiger partial charge in [-0.1, -0.05) is 95.7 Å². The molecule has 0 saturated carbocycles. The predicted molar refractivity (Wildman–Crippen MR) is 138 cm³/mol. The molecule has 3 aromatic carbocycles. The average Bonchev–Trinajstić information content (AvgIpc) is 3.42. The molecule has 37 heavy (non-hydrogen) atoms. The quantitative estimate of drug-likeness (QED) is 0.152. The van der Waals surface area contributed by atoms with Crippen molar-refractivity contribution in [1.29, 1.82) is 0 Å². The van der Waals surface area contributed by atoms with Crippen LogP contribution in [-0.4, -0.2) is 22.0 Å². The molecular weight excluding hydrogens is 470 g/mol. The molecule has 1 aliphatic rings. The summed E-state index contributed by atoms with van der Waals surface area (Å²) in [6.07, 6.45) is 1.64. The van der Waals surface area contributed by atoms with Gasteiger partial charge in [-0.15, -0.1) is 5.53 Å². The van der Waals surface area contributed by atoms with Crippen molar-refractivity contribution in [2.24, 2.45) is 5.22 Å². The molecule has 0 bridgehead atoms. The maximum atomic E-state index is 12.7. The van der Waals surface area contributed by atoms with E-state index in [1.165, 1.54) is 16.8 Å². The Labute approximate surface area is 212 Å². The van der Waals surface area contributed by atoms with Gasteiger partial charge in [-0.3, -0.25) is 4.57 Å². The zero-order chi connectivity index (χ0) is 25.7. The van der Waals surface area contributed by atoms with Gasteiger partial charge >= 0.3 is 11.2 Å². The van der Waals surface area contributed by atoms with Crippen LogP contribution in [-0.2, 0) is 15.1 Å². The maximum Gasteiger partial charge on any atom is 0.428 e. The Morgan fingerprint density at radius 1 is 0.865 bits per heavy atom. The molecule has 1 aliphatic heterocycles. The number of hydrogen-bond acceptors (Lipinski definition) is 5. The van der Waals surface area contributed by atoms with Crippen molar-refractivity contribution in [3.8, 4) is 0 Å². The summed E-state index contributed by atoms with van der Waals surface area (Å²) in [5.74, 6) is 0. The topological polar surface area (TPSA) is 111 Å². The van der Waals surface area contributed by atoms with E-state index < -0.39 is 23.1 Å². The fourth-order valence-electron chi connectivity index (χ4n) is 4.82. The molecular formula is C28H25N5O4. The van der Waals surface area contributed by atoms with E-state index in [1.807, 2.05) is 54.6 Å². The smallest absolute Gasteiger partial charge is 0.358 e. The molecule has 9 nitrogen and oxygen atoms in total. The van der Waals surface area contributed by atoms with Crippen molar-refractivity contribution in [2.45, 2.75) is 30.8 Å². The zero-order valence-electron chi connectivity index (χ0n) is 20.0. The highest BCUT2D eigenvalue weighted by Gasteiger charge is 2.39. The van der Waals surface area contributed by atoms with E-state index >= 15 is 0 Å². The Hall–Kier alpha value is -4.43. The molecule has 0 unspecified atom stereocenters. The summed E-state index contributed by atoms with van der Waals surface area (Å²) in [5.41, 5.74) is 9.33. The summed E-state index contributed by atoms with van der Waals surface area (Å²) >= 11 is 0. The van der Waals surface area contributed by atoms with Gasteiger partial charge in [-0.05, 0) is 34.8 Å². The Kier molecular flexibility index (Phi) is 7.00. The molecule has 0 amide bonds. The first kappa shape index (κ1) is 24.3. The van der Waals surface area contributed by atoms with Crippen LogP contribution in [0.1, 0.15) is 35.8 Å². The van der Waals surface area contributed by atoms with E-state index in [9.17, 15) is 9.59 Å². The van der Waals surface area contributed by atoms with Crippen LogP contribution in [0.4, 0.5) is 0 Å². The second-order valence-corrected chi connectivity index (χ2v) is 8.71. The predicted octanol–water partition coefficient (Wildman–Crippen LogP) is 4.77. The van der Waals surface area contributed by atoms with Crippen molar-refractivity contribution in [1.82, 2.24) is 9.24 Å². The van der Waals surface area contributed by atoms with Crippen LogP contribution >= 0.6 is 0 Å². The minimum absolute atomic E-state index is 0.264. The second kappa shape index (κ2) is 10.7. The number of hydrogen-bond donors (Lipinski definition) is 0. The zero-order valence-corrected chi connectivity index (χ0v) is 20.0. The van der Waals surface area contributed by atoms with Gasteiger partial charge in [0.2, 0.25) is 0 Å². The van der Waals surface area contributed by atoms with Crippen LogP contribution < -0.4 is 11.2 Å². The Bertz CT molecular complexity index is 1420. The number of ether oxygens (including phenoxy) is 2. The monoisotopic (exact) mass is 495 g/mol. The van der Waals surface area contributed by atoms with Crippen molar-refractivity contribution in [3.05, 3.63) is 151 Å². The van der Waals surface area contributed by atoms with Crippen LogP contribution in [0.25, 0.3) is 10.4 Å². The van der Waals surface area contributed by atoms with E-state index in [2.05, 4.69) is 46.5 Å². The van der Waals surface area contributed by atoms with Crippen LogP contribution in [0.2, 0.25) is 0 Å². The number of rotatable bonds is 8. The number of azide groups is 1. The summed E-state index contributed by atoms with van der Waals surface area (Å²) in [7, 11) is 0. The van der Waals surface area contributed by atoms with Gasteiger partial charge in [0, 0.05) is 12.3 Å². The highest BCUT2D eigenvalue weighted by Crippen LogP contribution is 2.41. The fraction of sp³-hybridized carbons (Fsp3) is 0.214. The molecule has 1 saturated heterocycles. The maximum absolute atomic E-state index is 12.7.